The molecular weight excluding hydrogens is 284 g/mol. The summed E-state index contributed by atoms with van der Waals surface area (Å²) in [5.41, 5.74) is -0.999. The third-order valence-corrected chi connectivity index (χ3v) is 3.95. The number of H-pyrrole nitrogens is 1. The Morgan fingerprint density at radius 1 is 1.36 bits per heavy atom. The van der Waals surface area contributed by atoms with Crippen LogP contribution in [0.5, 0.6) is 0 Å². The van der Waals surface area contributed by atoms with E-state index in [0.717, 1.165) is 19.5 Å². The van der Waals surface area contributed by atoms with Crippen LogP contribution in [0, 0.1) is 5.92 Å². The largest absolute Gasteiger partial charge is 0.336 e. The molecule has 2 heterocycles. The molecule has 7 heteroatoms. The van der Waals surface area contributed by atoms with Crippen molar-refractivity contribution in [1.29, 1.82) is 0 Å². The van der Waals surface area contributed by atoms with Crippen LogP contribution in [0.4, 0.5) is 0 Å². The van der Waals surface area contributed by atoms with Gasteiger partial charge in [0.1, 0.15) is 6.54 Å². The van der Waals surface area contributed by atoms with E-state index in [-0.39, 0.29) is 18.5 Å². The van der Waals surface area contributed by atoms with E-state index in [1.54, 1.807) is 0 Å². The van der Waals surface area contributed by atoms with Crippen molar-refractivity contribution in [2.24, 2.45) is 5.92 Å². The van der Waals surface area contributed by atoms with Crippen LogP contribution in [-0.2, 0) is 11.3 Å². The number of amides is 1. The molecule has 1 unspecified atom stereocenters. The fourth-order valence-electron chi connectivity index (χ4n) is 2.89. The van der Waals surface area contributed by atoms with Gasteiger partial charge in [0.15, 0.2) is 0 Å². The van der Waals surface area contributed by atoms with Gasteiger partial charge in [0.05, 0.1) is 0 Å². The standard InChI is InChI=1S/C15H24N4O3/c1-11(2)8-12-9-17(3)6-7-19(12)14(21)10-18-5-4-13(20)16-15(18)22/h4-5,11-12H,6-10H2,1-3H3,(H,16,20,22). The van der Waals surface area contributed by atoms with Crippen LogP contribution < -0.4 is 11.2 Å². The molecule has 1 aromatic rings. The first-order chi connectivity index (χ1) is 10.4. The molecule has 1 N–H and O–H groups in total. The Morgan fingerprint density at radius 3 is 2.73 bits per heavy atom. The lowest BCUT2D eigenvalue weighted by Gasteiger charge is -2.41. The Kier molecular flexibility index (Phi) is 5.18. The van der Waals surface area contributed by atoms with Crippen molar-refractivity contribution in [3.05, 3.63) is 33.1 Å². The minimum atomic E-state index is -0.546. The van der Waals surface area contributed by atoms with Crippen molar-refractivity contribution >= 4 is 5.91 Å². The summed E-state index contributed by atoms with van der Waals surface area (Å²) in [5, 5.41) is 0. The number of nitrogens with one attached hydrogen (secondary N) is 1. The van der Waals surface area contributed by atoms with Crippen molar-refractivity contribution in [2.45, 2.75) is 32.9 Å². The number of piperazine rings is 1. The molecule has 122 valence electrons. The SMILES string of the molecule is CC(C)CC1CN(C)CCN1C(=O)Cn1ccc(=O)[nH]c1=O. The predicted octanol–water partition coefficient (Wildman–Crippen LogP) is -0.275. The second-order valence-electron chi connectivity index (χ2n) is 6.37. The highest BCUT2D eigenvalue weighted by Gasteiger charge is 2.29. The summed E-state index contributed by atoms with van der Waals surface area (Å²) in [6, 6.07) is 1.43. The zero-order valence-corrected chi connectivity index (χ0v) is 13.4. The van der Waals surface area contributed by atoms with E-state index in [9.17, 15) is 14.4 Å². The average molecular weight is 308 g/mol. The lowest BCUT2D eigenvalue weighted by molar-refractivity contribution is -0.137. The zero-order chi connectivity index (χ0) is 16.3. The molecule has 0 spiro atoms. The van der Waals surface area contributed by atoms with E-state index in [0.29, 0.717) is 12.5 Å². The topological polar surface area (TPSA) is 78.4 Å². The summed E-state index contributed by atoms with van der Waals surface area (Å²) in [4.78, 5) is 41.6. The van der Waals surface area contributed by atoms with Crippen LogP contribution in [0.3, 0.4) is 0 Å². The Labute approximate surface area is 129 Å². The molecule has 0 aliphatic carbocycles. The molecule has 0 radical (unpaired) electrons. The van der Waals surface area contributed by atoms with Gasteiger partial charge in [-0.3, -0.25) is 19.1 Å². The summed E-state index contributed by atoms with van der Waals surface area (Å²) in [6.45, 7) is 6.61. The van der Waals surface area contributed by atoms with Crippen LogP contribution >= 0.6 is 0 Å². The third kappa shape index (κ3) is 4.07. The highest BCUT2D eigenvalue weighted by molar-refractivity contribution is 5.76. The summed E-state index contributed by atoms with van der Waals surface area (Å²) in [7, 11) is 2.06. The monoisotopic (exact) mass is 308 g/mol. The number of nitrogens with zero attached hydrogens (tertiary/aromatic N) is 3. The van der Waals surface area contributed by atoms with Crippen LogP contribution in [0.25, 0.3) is 0 Å². The first kappa shape index (κ1) is 16.5. The molecule has 1 aromatic heterocycles. The van der Waals surface area contributed by atoms with E-state index in [1.807, 2.05) is 4.90 Å². The maximum Gasteiger partial charge on any atom is 0.328 e. The van der Waals surface area contributed by atoms with E-state index in [2.05, 4.69) is 30.8 Å². The Bertz CT molecular complexity index is 632. The van der Waals surface area contributed by atoms with Crippen LogP contribution in [0.2, 0.25) is 0 Å². The molecule has 7 nitrogen and oxygen atoms in total. The van der Waals surface area contributed by atoms with Gasteiger partial charge in [-0.05, 0) is 19.4 Å². The van der Waals surface area contributed by atoms with Crippen molar-refractivity contribution in [2.75, 3.05) is 26.7 Å². The molecule has 1 aliphatic rings. The Hall–Kier alpha value is -1.89. The molecule has 22 heavy (non-hydrogen) atoms. The van der Waals surface area contributed by atoms with Crippen molar-refractivity contribution < 1.29 is 4.79 Å². The third-order valence-electron chi connectivity index (χ3n) is 3.95. The Morgan fingerprint density at radius 2 is 2.09 bits per heavy atom. The minimum absolute atomic E-state index is 0.0338. The quantitative estimate of drug-likeness (QED) is 0.830. The fourth-order valence-corrected chi connectivity index (χ4v) is 2.89. The molecule has 2 rings (SSSR count). The van der Waals surface area contributed by atoms with Gasteiger partial charge in [-0.2, -0.15) is 0 Å². The van der Waals surface area contributed by atoms with E-state index >= 15 is 0 Å². The second kappa shape index (κ2) is 6.91. The molecule has 1 atom stereocenters. The van der Waals surface area contributed by atoms with Crippen molar-refractivity contribution in [1.82, 2.24) is 19.4 Å². The van der Waals surface area contributed by atoms with Gasteiger partial charge in [-0.25, -0.2) is 4.79 Å². The highest BCUT2D eigenvalue weighted by Crippen LogP contribution is 2.17. The molecule has 1 amide bonds. The minimum Gasteiger partial charge on any atom is -0.336 e. The molecule has 0 aromatic carbocycles. The zero-order valence-electron chi connectivity index (χ0n) is 13.4. The summed E-state index contributed by atoms with van der Waals surface area (Å²) in [6.07, 6.45) is 2.31. The first-order valence-electron chi connectivity index (χ1n) is 7.64. The summed E-state index contributed by atoms with van der Waals surface area (Å²) >= 11 is 0. The second-order valence-corrected chi connectivity index (χ2v) is 6.37. The lowest BCUT2D eigenvalue weighted by atomic mass is 10.00. The number of carbonyl (C=O) groups is 1. The molecule has 1 saturated heterocycles. The number of likely N-dealkylation sites (N-methyl/N-ethyl adjacent to an activating group) is 1. The van der Waals surface area contributed by atoms with Gasteiger partial charge >= 0.3 is 5.69 Å². The van der Waals surface area contributed by atoms with Crippen LogP contribution in [-0.4, -0.2) is 58.0 Å². The van der Waals surface area contributed by atoms with Gasteiger partial charge < -0.3 is 9.80 Å². The normalized spacial score (nSPS) is 19.6. The lowest BCUT2D eigenvalue weighted by Crippen LogP contribution is -2.55. The smallest absolute Gasteiger partial charge is 0.328 e. The number of hydrogen-bond donors (Lipinski definition) is 1. The van der Waals surface area contributed by atoms with E-state index in [1.165, 1.54) is 16.8 Å². The van der Waals surface area contributed by atoms with Crippen molar-refractivity contribution in [3.8, 4) is 0 Å². The summed E-state index contributed by atoms with van der Waals surface area (Å²) < 4.78 is 1.24. The van der Waals surface area contributed by atoms with Gasteiger partial charge in [-0.1, -0.05) is 13.8 Å². The number of carbonyl (C=O) groups excluding carboxylic acids is 1. The van der Waals surface area contributed by atoms with Gasteiger partial charge in [0.2, 0.25) is 5.91 Å². The van der Waals surface area contributed by atoms with Crippen LogP contribution in [0.1, 0.15) is 20.3 Å². The number of rotatable bonds is 4. The number of aromatic nitrogens is 2. The molecule has 0 bridgehead atoms. The molecule has 0 saturated carbocycles. The highest BCUT2D eigenvalue weighted by atomic mass is 16.2. The van der Waals surface area contributed by atoms with Gasteiger partial charge in [0.25, 0.3) is 5.56 Å². The molecule has 1 aliphatic heterocycles. The average Bonchev–Trinajstić information content (AvgIpc) is 2.41. The van der Waals surface area contributed by atoms with Gasteiger partial charge in [-0.15, -0.1) is 0 Å². The van der Waals surface area contributed by atoms with E-state index in [4.69, 9.17) is 0 Å². The Balaban J connectivity index is 2.12. The maximum absolute atomic E-state index is 12.6. The van der Waals surface area contributed by atoms with Crippen molar-refractivity contribution in [3.63, 3.8) is 0 Å². The van der Waals surface area contributed by atoms with E-state index < -0.39 is 11.2 Å². The number of hydrogen-bond acceptors (Lipinski definition) is 4. The maximum atomic E-state index is 12.6. The van der Waals surface area contributed by atoms with Gasteiger partial charge in [0, 0.05) is 37.9 Å². The molecule has 1 fully saturated rings. The number of aromatic amines is 1. The predicted molar refractivity (Wildman–Crippen MR) is 83.8 cm³/mol. The fraction of sp³-hybridized carbons (Fsp3) is 0.667. The molecular formula is C15H24N4O3. The first-order valence-corrected chi connectivity index (χ1v) is 7.64. The van der Waals surface area contributed by atoms with Crippen LogP contribution in [0.15, 0.2) is 21.9 Å². The summed E-state index contributed by atoms with van der Waals surface area (Å²) in [5.74, 6) is 0.426.